The van der Waals surface area contributed by atoms with Crippen LogP contribution in [0.15, 0.2) is 30.3 Å². The fraction of sp³-hybridized carbons (Fsp3) is 0.476. The minimum atomic E-state index is -0.225. The molecule has 1 aromatic carbocycles. The fourth-order valence-electron chi connectivity index (χ4n) is 5.53. The van der Waals surface area contributed by atoms with Crippen molar-refractivity contribution in [2.45, 2.75) is 38.6 Å². The number of rotatable bonds is 2. The number of benzene rings is 1. The van der Waals surface area contributed by atoms with Crippen molar-refractivity contribution in [3.63, 3.8) is 0 Å². The van der Waals surface area contributed by atoms with Crippen LogP contribution in [0.2, 0.25) is 0 Å². The van der Waals surface area contributed by atoms with Gasteiger partial charge in [-0.1, -0.05) is 25.1 Å². The van der Waals surface area contributed by atoms with Crippen LogP contribution in [0.4, 0.5) is 0 Å². The highest BCUT2D eigenvalue weighted by Gasteiger charge is 2.51. The fourth-order valence-corrected chi connectivity index (χ4v) is 5.53. The van der Waals surface area contributed by atoms with Gasteiger partial charge in [-0.25, -0.2) is 4.79 Å². The van der Waals surface area contributed by atoms with Gasteiger partial charge in [0.1, 0.15) is 5.70 Å². The van der Waals surface area contributed by atoms with E-state index in [1.807, 2.05) is 0 Å². The zero-order valence-electron chi connectivity index (χ0n) is 14.9. The molecule has 2 aromatic rings. The molecule has 0 radical (unpaired) electrons. The van der Waals surface area contributed by atoms with E-state index in [9.17, 15) is 4.79 Å². The first-order chi connectivity index (χ1) is 12.2. The van der Waals surface area contributed by atoms with Gasteiger partial charge < -0.3 is 9.30 Å². The van der Waals surface area contributed by atoms with E-state index in [4.69, 9.17) is 4.74 Å². The monoisotopic (exact) mass is 336 g/mol. The molecule has 25 heavy (non-hydrogen) atoms. The van der Waals surface area contributed by atoms with Crippen molar-refractivity contribution < 1.29 is 9.53 Å². The Morgan fingerprint density at radius 1 is 1.32 bits per heavy atom. The van der Waals surface area contributed by atoms with E-state index in [2.05, 4.69) is 46.7 Å². The van der Waals surface area contributed by atoms with Gasteiger partial charge in [0.05, 0.1) is 18.7 Å². The number of carbonyl (C=O) groups is 1. The van der Waals surface area contributed by atoms with Gasteiger partial charge in [-0.3, -0.25) is 4.90 Å². The quantitative estimate of drug-likeness (QED) is 0.783. The Morgan fingerprint density at radius 3 is 2.96 bits per heavy atom. The lowest BCUT2D eigenvalue weighted by Crippen LogP contribution is -2.51. The van der Waals surface area contributed by atoms with Gasteiger partial charge in [-0.05, 0) is 49.9 Å². The number of esters is 1. The van der Waals surface area contributed by atoms with Gasteiger partial charge in [0.15, 0.2) is 0 Å². The number of hydrogen-bond donors (Lipinski definition) is 0. The molecule has 130 valence electrons. The summed E-state index contributed by atoms with van der Waals surface area (Å²) in [5.41, 5.74) is 4.67. The van der Waals surface area contributed by atoms with Crippen molar-refractivity contribution in [1.29, 1.82) is 0 Å². The van der Waals surface area contributed by atoms with Crippen molar-refractivity contribution in [2.75, 3.05) is 20.2 Å². The van der Waals surface area contributed by atoms with Crippen LogP contribution in [0.1, 0.15) is 43.5 Å². The van der Waals surface area contributed by atoms with E-state index in [1.54, 1.807) is 0 Å². The van der Waals surface area contributed by atoms with Crippen LogP contribution < -0.4 is 0 Å². The van der Waals surface area contributed by atoms with Crippen molar-refractivity contribution >= 4 is 22.6 Å². The molecular weight excluding hydrogens is 312 g/mol. The lowest BCUT2D eigenvalue weighted by atomic mass is 9.66. The third-order valence-electron chi connectivity index (χ3n) is 6.64. The van der Waals surface area contributed by atoms with Crippen LogP contribution in [-0.2, 0) is 16.0 Å². The van der Waals surface area contributed by atoms with E-state index >= 15 is 0 Å². The lowest BCUT2D eigenvalue weighted by molar-refractivity contribution is -0.134. The summed E-state index contributed by atoms with van der Waals surface area (Å²) >= 11 is 0. The van der Waals surface area contributed by atoms with Crippen LogP contribution in [0.5, 0.6) is 0 Å². The minimum absolute atomic E-state index is 0.0430. The standard InChI is InChI=1S/C21H24N2O2/c1-3-21-10-6-11-22-12-9-15-14-7-4-5-8-16(14)23(18(15)19(21)22)17(13-21)20(24)25-2/h4-5,7-8,13,19H,3,6,9-12H2,1-2H3/t19?,21-/m0/s1. The molecule has 1 unspecified atom stereocenters. The van der Waals surface area contributed by atoms with Crippen molar-refractivity contribution in [3.8, 4) is 0 Å². The van der Waals surface area contributed by atoms with Crippen LogP contribution in [0.3, 0.4) is 0 Å². The van der Waals surface area contributed by atoms with Gasteiger partial charge >= 0.3 is 5.97 Å². The van der Waals surface area contributed by atoms with Crippen LogP contribution in [0, 0.1) is 5.41 Å². The molecule has 5 rings (SSSR count). The number of aromatic nitrogens is 1. The van der Waals surface area contributed by atoms with Crippen LogP contribution >= 0.6 is 0 Å². The zero-order valence-corrected chi connectivity index (χ0v) is 14.9. The number of ether oxygens (including phenoxy) is 1. The predicted octanol–water partition coefficient (Wildman–Crippen LogP) is 3.76. The molecule has 4 nitrogen and oxygen atoms in total. The Morgan fingerprint density at radius 2 is 2.16 bits per heavy atom. The predicted molar refractivity (Wildman–Crippen MR) is 98.2 cm³/mol. The molecule has 2 atom stereocenters. The van der Waals surface area contributed by atoms with Gasteiger partial charge in [0.2, 0.25) is 0 Å². The third-order valence-corrected chi connectivity index (χ3v) is 6.64. The molecule has 4 heterocycles. The number of fused-ring (bicyclic) bond motifs is 3. The van der Waals surface area contributed by atoms with Gasteiger partial charge in [-0.2, -0.15) is 0 Å². The Labute approximate surface area is 148 Å². The van der Waals surface area contributed by atoms with Gasteiger partial charge in [0, 0.05) is 23.0 Å². The average molecular weight is 336 g/mol. The maximum absolute atomic E-state index is 12.7. The molecule has 0 bridgehead atoms. The number of methoxy groups -OCH3 is 1. The van der Waals surface area contributed by atoms with Crippen LogP contribution in [0.25, 0.3) is 16.6 Å². The molecule has 0 aliphatic carbocycles. The maximum atomic E-state index is 12.7. The molecule has 1 saturated heterocycles. The number of carbonyl (C=O) groups excluding carboxylic acids is 1. The summed E-state index contributed by atoms with van der Waals surface area (Å²) in [5, 5.41) is 1.30. The van der Waals surface area contributed by atoms with E-state index in [1.165, 1.54) is 30.2 Å². The Balaban J connectivity index is 1.89. The average Bonchev–Trinajstić information content (AvgIpc) is 3.01. The normalized spacial score (nSPS) is 27.8. The van der Waals surface area contributed by atoms with E-state index < -0.39 is 0 Å². The smallest absolute Gasteiger partial charge is 0.354 e. The molecular formula is C21H24N2O2. The number of piperidine rings is 1. The van der Waals surface area contributed by atoms with E-state index in [0.29, 0.717) is 11.7 Å². The summed E-state index contributed by atoms with van der Waals surface area (Å²) in [7, 11) is 1.49. The number of hydrogen-bond acceptors (Lipinski definition) is 3. The summed E-state index contributed by atoms with van der Waals surface area (Å²) in [5.74, 6) is -0.225. The summed E-state index contributed by atoms with van der Waals surface area (Å²) in [6.45, 7) is 4.55. The first-order valence-corrected chi connectivity index (χ1v) is 9.38. The number of para-hydroxylation sites is 1. The second-order valence-corrected chi connectivity index (χ2v) is 7.62. The first kappa shape index (κ1) is 15.2. The Kier molecular flexibility index (Phi) is 3.17. The minimum Gasteiger partial charge on any atom is -0.464 e. The molecule has 3 aliphatic heterocycles. The van der Waals surface area contributed by atoms with Gasteiger partial charge in [0.25, 0.3) is 0 Å². The highest BCUT2D eigenvalue weighted by atomic mass is 16.5. The molecule has 3 aliphatic rings. The maximum Gasteiger partial charge on any atom is 0.354 e. The molecule has 0 saturated carbocycles. The summed E-state index contributed by atoms with van der Waals surface area (Å²) < 4.78 is 7.38. The molecule has 1 aromatic heterocycles. The highest BCUT2D eigenvalue weighted by molar-refractivity contribution is 6.13. The topological polar surface area (TPSA) is 34.5 Å². The molecule has 0 spiro atoms. The van der Waals surface area contributed by atoms with E-state index in [0.717, 1.165) is 37.9 Å². The largest absolute Gasteiger partial charge is 0.464 e. The highest BCUT2D eigenvalue weighted by Crippen LogP contribution is 2.56. The molecule has 1 fully saturated rings. The summed E-state index contributed by atoms with van der Waals surface area (Å²) in [6, 6.07) is 8.89. The summed E-state index contributed by atoms with van der Waals surface area (Å²) in [4.78, 5) is 15.3. The second kappa shape index (κ2) is 5.21. The molecule has 0 amide bonds. The molecule has 0 N–H and O–H groups in total. The van der Waals surface area contributed by atoms with Crippen molar-refractivity contribution in [2.24, 2.45) is 5.41 Å². The second-order valence-electron chi connectivity index (χ2n) is 7.62. The van der Waals surface area contributed by atoms with Crippen molar-refractivity contribution in [3.05, 3.63) is 41.6 Å². The van der Waals surface area contributed by atoms with Crippen LogP contribution in [-0.4, -0.2) is 35.6 Å². The van der Waals surface area contributed by atoms with Crippen molar-refractivity contribution in [1.82, 2.24) is 9.47 Å². The molecule has 4 heteroatoms. The van der Waals surface area contributed by atoms with Gasteiger partial charge in [-0.15, -0.1) is 0 Å². The third kappa shape index (κ3) is 1.83. The number of nitrogens with zero attached hydrogens (tertiary/aromatic N) is 2. The Hall–Kier alpha value is -2.07. The lowest BCUT2D eigenvalue weighted by Gasteiger charge is -2.53. The summed E-state index contributed by atoms with van der Waals surface area (Å²) in [6.07, 6.45) is 6.70. The SMILES string of the molecule is CC[C@@]12C=C(C(=O)OC)n3c4c(c5ccccc53)CCN(CCC1)C42. The zero-order chi connectivity index (χ0) is 17.2. The Bertz CT molecular complexity index is 910. The first-order valence-electron chi connectivity index (χ1n) is 9.38. The van der Waals surface area contributed by atoms with E-state index in [-0.39, 0.29) is 11.4 Å².